The summed E-state index contributed by atoms with van der Waals surface area (Å²) in [6.45, 7) is 8.15. The minimum absolute atomic E-state index is 0.0304. The molecule has 3 aromatic rings. The normalized spacial score (nSPS) is 14.2. The molecule has 1 fully saturated rings. The summed E-state index contributed by atoms with van der Waals surface area (Å²) in [5.41, 5.74) is 2.30. The summed E-state index contributed by atoms with van der Waals surface area (Å²) in [6.07, 6.45) is 1.80. The molecule has 9 nitrogen and oxygen atoms in total. The number of carbonyl (C=O) groups is 1. The van der Waals surface area contributed by atoms with Gasteiger partial charge >= 0.3 is 0 Å². The van der Waals surface area contributed by atoms with E-state index in [0.29, 0.717) is 49.0 Å². The Labute approximate surface area is 168 Å². The van der Waals surface area contributed by atoms with Crippen LogP contribution in [0.25, 0.3) is 0 Å². The van der Waals surface area contributed by atoms with Gasteiger partial charge in [0.25, 0.3) is 5.91 Å². The third kappa shape index (κ3) is 4.03. The third-order valence-electron chi connectivity index (χ3n) is 4.96. The van der Waals surface area contributed by atoms with E-state index >= 15 is 0 Å². The molecule has 0 aromatic carbocycles. The summed E-state index contributed by atoms with van der Waals surface area (Å²) in [7, 11) is 0. The molecule has 9 heteroatoms. The number of anilines is 3. The van der Waals surface area contributed by atoms with Crippen LogP contribution in [0.2, 0.25) is 0 Å². The molecule has 0 radical (unpaired) electrons. The van der Waals surface area contributed by atoms with E-state index in [9.17, 15) is 4.79 Å². The lowest BCUT2D eigenvalue weighted by atomic mass is 10.1. The molecule has 1 saturated heterocycles. The zero-order valence-electron chi connectivity index (χ0n) is 16.7. The highest BCUT2D eigenvalue weighted by atomic mass is 16.5. The second kappa shape index (κ2) is 7.86. The van der Waals surface area contributed by atoms with E-state index in [-0.39, 0.29) is 5.91 Å². The summed E-state index contributed by atoms with van der Waals surface area (Å²) in [6, 6.07) is 7.70. The van der Waals surface area contributed by atoms with E-state index < -0.39 is 0 Å². The predicted octanol–water partition coefficient (Wildman–Crippen LogP) is 2.49. The van der Waals surface area contributed by atoms with Gasteiger partial charge in [-0.05, 0) is 44.5 Å². The molecule has 0 bridgehead atoms. The van der Waals surface area contributed by atoms with E-state index in [0.717, 1.165) is 17.2 Å². The molecular weight excluding hydrogens is 370 g/mol. The van der Waals surface area contributed by atoms with Crippen LogP contribution in [0, 0.1) is 20.8 Å². The van der Waals surface area contributed by atoms with Gasteiger partial charge in [-0.2, -0.15) is 0 Å². The number of piperazine rings is 1. The Hall–Kier alpha value is -3.49. The SMILES string of the molecule is Cc1ccc(Nc2ccc(N3CCN(C(=O)c4c(C)noc4C)CC3)nn2)nc1. The van der Waals surface area contributed by atoms with Gasteiger partial charge in [0.1, 0.15) is 17.1 Å². The maximum absolute atomic E-state index is 12.8. The number of rotatable bonds is 4. The summed E-state index contributed by atoms with van der Waals surface area (Å²) in [5, 5.41) is 15.6. The molecular formula is C20H23N7O2. The number of hydrogen-bond acceptors (Lipinski definition) is 8. The lowest BCUT2D eigenvalue weighted by Crippen LogP contribution is -2.49. The quantitative estimate of drug-likeness (QED) is 0.722. The highest BCUT2D eigenvalue weighted by Crippen LogP contribution is 2.19. The summed E-state index contributed by atoms with van der Waals surface area (Å²) >= 11 is 0. The Morgan fingerprint density at radius 1 is 1.00 bits per heavy atom. The molecule has 0 spiro atoms. The minimum atomic E-state index is -0.0304. The van der Waals surface area contributed by atoms with Gasteiger partial charge in [0.05, 0.1) is 5.69 Å². The highest BCUT2D eigenvalue weighted by Gasteiger charge is 2.27. The van der Waals surface area contributed by atoms with Gasteiger partial charge in [-0.25, -0.2) is 4.98 Å². The molecule has 150 valence electrons. The number of aryl methyl sites for hydroxylation is 3. The first-order chi connectivity index (χ1) is 14.0. The minimum Gasteiger partial charge on any atom is -0.361 e. The van der Waals surface area contributed by atoms with Gasteiger partial charge in [-0.3, -0.25) is 4.79 Å². The van der Waals surface area contributed by atoms with Crippen molar-refractivity contribution in [3.05, 3.63) is 53.0 Å². The van der Waals surface area contributed by atoms with Crippen LogP contribution in [0.15, 0.2) is 35.0 Å². The van der Waals surface area contributed by atoms with Crippen molar-refractivity contribution in [1.29, 1.82) is 0 Å². The fourth-order valence-corrected chi connectivity index (χ4v) is 3.32. The van der Waals surface area contributed by atoms with Crippen LogP contribution in [-0.2, 0) is 0 Å². The van der Waals surface area contributed by atoms with E-state index in [2.05, 4.69) is 30.6 Å². The van der Waals surface area contributed by atoms with Crippen LogP contribution in [0.1, 0.15) is 27.4 Å². The van der Waals surface area contributed by atoms with Gasteiger partial charge < -0.3 is 19.6 Å². The van der Waals surface area contributed by atoms with Gasteiger partial charge in [0.15, 0.2) is 11.6 Å². The molecule has 29 heavy (non-hydrogen) atoms. The topological polar surface area (TPSA) is 100 Å². The number of nitrogens with zero attached hydrogens (tertiary/aromatic N) is 6. The average molecular weight is 393 g/mol. The summed E-state index contributed by atoms with van der Waals surface area (Å²) < 4.78 is 5.12. The second-order valence-corrected chi connectivity index (χ2v) is 7.10. The van der Waals surface area contributed by atoms with Gasteiger partial charge in [-0.1, -0.05) is 11.2 Å². The number of amides is 1. The van der Waals surface area contributed by atoms with Crippen LogP contribution in [0.5, 0.6) is 0 Å². The van der Waals surface area contributed by atoms with Crippen LogP contribution in [0.3, 0.4) is 0 Å². The maximum atomic E-state index is 12.8. The highest BCUT2D eigenvalue weighted by molar-refractivity contribution is 5.96. The second-order valence-electron chi connectivity index (χ2n) is 7.10. The molecule has 1 amide bonds. The molecule has 0 unspecified atom stereocenters. The lowest BCUT2D eigenvalue weighted by Gasteiger charge is -2.35. The number of pyridine rings is 1. The fraction of sp³-hybridized carbons (Fsp3) is 0.350. The molecule has 0 aliphatic carbocycles. The van der Waals surface area contributed by atoms with E-state index in [1.54, 1.807) is 20.0 Å². The molecule has 3 aromatic heterocycles. The van der Waals surface area contributed by atoms with E-state index in [1.807, 2.05) is 36.1 Å². The Kier molecular flexibility index (Phi) is 5.11. The van der Waals surface area contributed by atoms with E-state index in [1.165, 1.54) is 0 Å². The Morgan fingerprint density at radius 3 is 2.34 bits per heavy atom. The van der Waals surface area contributed by atoms with Crippen molar-refractivity contribution in [2.75, 3.05) is 36.4 Å². The zero-order valence-corrected chi connectivity index (χ0v) is 16.7. The van der Waals surface area contributed by atoms with Crippen LogP contribution in [0.4, 0.5) is 17.5 Å². The number of aromatic nitrogens is 4. The van der Waals surface area contributed by atoms with Gasteiger partial charge in [-0.15, -0.1) is 10.2 Å². The predicted molar refractivity (Wildman–Crippen MR) is 108 cm³/mol. The van der Waals surface area contributed by atoms with Crippen molar-refractivity contribution >= 4 is 23.4 Å². The van der Waals surface area contributed by atoms with Crippen molar-refractivity contribution in [3.8, 4) is 0 Å². The van der Waals surface area contributed by atoms with Crippen molar-refractivity contribution in [2.45, 2.75) is 20.8 Å². The molecule has 1 N–H and O–H groups in total. The van der Waals surface area contributed by atoms with Crippen molar-refractivity contribution in [1.82, 2.24) is 25.2 Å². The number of carbonyl (C=O) groups excluding carboxylic acids is 1. The third-order valence-corrected chi connectivity index (χ3v) is 4.96. The molecule has 0 atom stereocenters. The Balaban J connectivity index is 1.36. The van der Waals surface area contributed by atoms with Crippen LogP contribution >= 0.6 is 0 Å². The molecule has 1 aliphatic heterocycles. The smallest absolute Gasteiger partial charge is 0.259 e. The van der Waals surface area contributed by atoms with Crippen LogP contribution < -0.4 is 10.2 Å². The van der Waals surface area contributed by atoms with Crippen molar-refractivity contribution < 1.29 is 9.32 Å². The first-order valence-corrected chi connectivity index (χ1v) is 9.52. The van der Waals surface area contributed by atoms with Gasteiger partial charge in [0.2, 0.25) is 0 Å². The Bertz CT molecular complexity index is 971. The first-order valence-electron chi connectivity index (χ1n) is 9.52. The number of hydrogen-bond donors (Lipinski definition) is 1. The fourth-order valence-electron chi connectivity index (χ4n) is 3.32. The van der Waals surface area contributed by atoms with Gasteiger partial charge in [0, 0.05) is 32.4 Å². The Morgan fingerprint density at radius 2 is 1.76 bits per heavy atom. The largest absolute Gasteiger partial charge is 0.361 e. The zero-order chi connectivity index (χ0) is 20.4. The lowest BCUT2D eigenvalue weighted by molar-refractivity contribution is 0.0744. The monoisotopic (exact) mass is 393 g/mol. The van der Waals surface area contributed by atoms with Crippen molar-refractivity contribution in [2.24, 2.45) is 0 Å². The molecule has 4 heterocycles. The summed E-state index contributed by atoms with van der Waals surface area (Å²) in [5.74, 6) is 2.68. The molecule has 0 saturated carbocycles. The van der Waals surface area contributed by atoms with Crippen LogP contribution in [-0.4, -0.2) is 57.3 Å². The number of nitrogens with one attached hydrogen (secondary N) is 1. The standard InChI is InChI=1S/C20H23N7O2/c1-13-4-5-16(21-12-13)22-17-6-7-18(24-23-17)26-8-10-27(11-9-26)20(28)19-14(2)25-29-15(19)3/h4-7,12H,8-11H2,1-3H3,(H,21,22,23). The van der Waals surface area contributed by atoms with Crippen molar-refractivity contribution in [3.63, 3.8) is 0 Å². The average Bonchev–Trinajstić information content (AvgIpc) is 3.08. The molecule has 4 rings (SSSR count). The molecule has 1 aliphatic rings. The summed E-state index contributed by atoms with van der Waals surface area (Å²) in [4.78, 5) is 21.0. The maximum Gasteiger partial charge on any atom is 0.259 e. The first kappa shape index (κ1) is 18.9. The van der Waals surface area contributed by atoms with E-state index in [4.69, 9.17) is 4.52 Å².